The van der Waals surface area contributed by atoms with Gasteiger partial charge < -0.3 is 0 Å². The predicted octanol–water partition coefficient (Wildman–Crippen LogP) is 3.90. The molecule has 0 saturated heterocycles. The van der Waals surface area contributed by atoms with E-state index in [0.29, 0.717) is 0 Å². The smallest absolute Gasteiger partial charge is 0.264 e. The molecule has 1 aromatic carbocycles. The number of alkyl halides is 2. The van der Waals surface area contributed by atoms with E-state index in [0.717, 1.165) is 6.07 Å². The average Bonchev–Trinajstić information content (AvgIpc) is 2.39. The highest BCUT2D eigenvalue weighted by molar-refractivity contribution is 6.30. The summed E-state index contributed by atoms with van der Waals surface area (Å²) in [5, 5.41) is 0.169. The van der Waals surface area contributed by atoms with Crippen molar-refractivity contribution in [3.8, 4) is 0 Å². The van der Waals surface area contributed by atoms with Gasteiger partial charge in [0.1, 0.15) is 5.69 Å². The Balaban J connectivity index is 2.48. The molecular weight excluding hydrogens is 260 g/mol. The number of pyridine rings is 1. The van der Waals surface area contributed by atoms with E-state index in [1.165, 1.54) is 24.4 Å². The van der Waals surface area contributed by atoms with Crippen LogP contribution in [0.25, 0.3) is 0 Å². The summed E-state index contributed by atoms with van der Waals surface area (Å²) in [5.41, 5.74) is -0.326. The molecule has 18 heavy (non-hydrogen) atoms. The van der Waals surface area contributed by atoms with Crippen molar-refractivity contribution in [1.82, 2.24) is 4.98 Å². The molecule has 0 fully saturated rings. The van der Waals surface area contributed by atoms with Gasteiger partial charge in [-0.05, 0) is 30.3 Å². The second kappa shape index (κ2) is 5.23. The number of benzene rings is 1. The van der Waals surface area contributed by atoms with Crippen LogP contribution in [0.5, 0.6) is 0 Å². The van der Waals surface area contributed by atoms with E-state index >= 15 is 0 Å². The first-order valence-corrected chi connectivity index (χ1v) is 5.50. The zero-order valence-corrected chi connectivity index (χ0v) is 9.86. The van der Waals surface area contributed by atoms with E-state index in [4.69, 9.17) is 11.6 Å². The third-order valence-corrected chi connectivity index (χ3v) is 2.63. The van der Waals surface area contributed by atoms with Crippen LogP contribution in [0, 0.1) is 0 Å². The Bertz CT molecular complexity index is 572. The van der Waals surface area contributed by atoms with Crippen LogP contribution in [0.1, 0.15) is 28.0 Å². The number of ketones is 1. The molecule has 1 heterocycles. The van der Waals surface area contributed by atoms with Crippen molar-refractivity contribution in [3.63, 3.8) is 0 Å². The van der Waals surface area contributed by atoms with Crippen LogP contribution >= 0.6 is 11.6 Å². The first kappa shape index (κ1) is 12.6. The minimum absolute atomic E-state index is 0.0758. The Morgan fingerprint density at radius 2 is 2.00 bits per heavy atom. The van der Waals surface area contributed by atoms with Crippen LogP contribution < -0.4 is 0 Å². The predicted molar refractivity (Wildman–Crippen MR) is 64.1 cm³/mol. The van der Waals surface area contributed by atoms with Gasteiger partial charge >= 0.3 is 0 Å². The van der Waals surface area contributed by atoms with Crippen molar-refractivity contribution in [2.24, 2.45) is 0 Å². The molecule has 92 valence electrons. The minimum Gasteiger partial charge on any atom is -0.287 e. The van der Waals surface area contributed by atoms with Crippen molar-refractivity contribution >= 4 is 17.4 Å². The summed E-state index contributed by atoms with van der Waals surface area (Å²) < 4.78 is 25.7. The molecule has 0 radical (unpaired) electrons. The van der Waals surface area contributed by atoms with Crippen LogP contribution in [0.4, 0.5) is 8.78 Å². The lowest BCUT2D eigenvalue weighted by Crippen LogP contribution is -2.07. The Kier molecular flexibility index (Phi) is 3.67. The molecule has 0 N–H and O–H groups in total. The highest BCUT2D eigenvalue weighted by atomic mass is 35.5. The topological polar surface area (TPSA) is 30.0 Å². The van der Waals surface area contributed by atoms with Gasteiger partial charge in [0.2, 0.25) is 5.78 Å². The molecule has 0 amide bonds. The van der Waals surface area contributed by atoms with Gasteiger partial charge in [0.25, 0.3) is 6.43 Å². The maximum absolute atomic E-state index is 12.9. The summed E-state index contributed by atoms with van der Waals surface area (Å²) in [5.74, 6) is -0.539. The Morgan fingerprint density at radius 1 is 1.22 bits per heavy atom. The van der Waals surface area contributed by atoms with Crippen molar-refractivity contribution < 1.29 is 13.6 Å². The van der Waals surface area contributed by atoms with Gasteiger partial charge in [-0.2, -0.15) is 0 Å². The van der Waals surface area contributed by atoms with Crippen LogP contribution in [-0.2, 0) is 0 Å². The van der Waals surface area contributed by atoms with Crippen molar-refractivity contribution in [2.45, 2.75) is 6.43 Å². The lowest BCUT2D eigenvalue weighted by Gasteiger charge is -2.08. The van der Waals surface area contributed by atoms with E-state index in [1.54, 1.807) is 12.1 Å². The number of carbonyl (C=O) groups is 1. The molecule has 0 saturated carbocycles. The molecule has 0 unspecified atom stereocenters. The molecule has 0 aliphatic rings. The monoisotopic (exact) mass is 267 g/mol. The lowest BCUT2D eigenvalue weighted by atomic mass is 10.0. The quantitative estimate of drug-likeness (QED) is 0.790. The molecular formula is C13H8ClF2NO. The summed E-state index contributed by atoms with van der Waals surface area (Å²) >= 11 is 5.65. The molecule has 0 aliphatic heterocycles. The van der Waals surface area contributed by atoms with Crippen molar-refractivity contribution in [2.75, 3.05) is 0 Å². The number of rotatable bonds is 3. The summed E-state index contributed by atoms with van der Waals surface area (Å²) in [6.45, 7) is 0. The zero-order valence-electron chi connectivity index (χ0n) is 9.11. The van der Waals surface area contributed by atoms with E-state index < -0.39 is 12.2 Å². The number of carbonyl (C=O) groups excluding carboxylic acids is 1. The molecule has 2 rings (SSSR count). The van der Waals surface area contributed by atoms with Crippen LogP contribution in [-0.4, -0.2) is 10.8 Å². The Morgan fingerprint density at radius 3 is 2.61 bits per heavy atom. The third-order valence-electron chi connectivity index (χ3n) is 2.39. The zero-order chi connectivity index (χ0) is 13.1. The van der Waals surface area contributed by atoms with E-state index in [9.17, 15) is 13.6 Å². The molecule has 1 aromatic heterocycles. The number of hydrogen-bond donors (Lipinski definition) is 0. The molecule has 0 bridgehead atoms. The first-order chi connectivity index (χ1) is 8.59. The standard InChI is InChI=1S/C13H8ClF2NO/c14-8-4-5-9(10(7-8)13(15)16)12(18)11-3-1-2-6-17-11/h1-7,13H. The largest absolute Gasteiger partial charge is 0.287 e. The third kappa shape index (κ3) is 2.54. The summed E-state index contributed by atoms with van der Waals surface area (Å²) in [6, 6.07) is 8.55. The Labute approximate surface area is 107 Å². The molecule has 2 aromatic rings. The van der Waals surface area contributed by atoms with E-state index in [1.807, 2.05) is 0 Å². The fraction of sp³-hybridized carbons (Fsp3) is 0.0769. The van der Waals surface area contributed by atoms with Crippen LogP contribution in [0.2, 0.25) is 5.02 Å². The minimum atomic E-state index is -2.76. The van der Waals surface area contributed by atoms with Crippen LogP contribution in [0.15, 0.2) is 42.6 Å². The molecule has 0 spiro atoms. The van der Waals surface area contributed by atoms with Gasteiger partial charge in [0.05, 0.1) is 0 Å². The normalized spacial score (nSPS) is 10.7. The highest BCUT2D eigenvalue weighted by Gasteiger charge is 2.20. The summed E-state index contributed by atoms with van der Waals surface area (Å²) in [6.07, 6.45) is -1.32. The van der Waals surface area contributed by atoms with Gasteiger partial charge in [-0.25, -0.2) is 8.78 Å². The number of nitrogens with zero attached hydrogens (tertiary/aromatic N) is 1. The maximum Gasteiger partial charge on any atom is 0.264 e. The van der Waals surface area contributed by atoms with Gasteiger partial charge in [0.15, 0.2) is 0 Å². The molecule has 2 nitrogen and oxygen atoms in total. The maximum atomic E-state index is 12.9. The van der Waals surface area contributed by atoms with Crippen LogP contribution in [0.3, 0.4) is 0 Å². The van der Waals surface area contributed by atoms with Crippen molar-refractivity contribution in [3.05, 3.63) is 64.4 Å². The SMILES string of the molecule is O=C(c1ccccn1)c1ccc(Cl)cc1C(F)F. The van der Waals surface area contributed by atoms with E-state index in [2.05, 4.69) is 4.98 Å². The summed E-state index contributed by atoms with van der Waals surface area (Å²) in [7, 11) is 0. The number of aromatic nitrogens is 1. The number of hydrogen-bond acceptors (Lipinski definition) is 2. The fourth-order valence-corrected chi connectivity index (χ4v) is 1.74. The average molecular weight is 268 g/mol. The summed E-state index contributed by atoms with van der Waals surface area (Å²) in [4.78, 5) is 15.9. The van der Waals surface area contributed by atoms with E-state index in [-0.39, 0.29) is 21.8 Å². The molecule has 0 atom stereocenters. The van der Waals surface area contributed by atoms with Gasteiger partial charge in [-0.3, -0.25) is 9.78 Å². The first-order valence-electron chi connectivity index (χ1n) is 5.13. The van der Waals surface area contributed by atoms with Crippen molar-refractivity contribution in [1.29, 1.82) is 0 Å². The highest BCUT2D eigenvalue weighted by Crippen LogP contribution is 2.27. The fourth-order valence-electron chi connectivity index (χ4n) is 1.56. The Hall–Kier alpha value is -1.81. The van der Waals surface area contributed by atoms with Gasteiger partial charge in [-0.1, -0.05) is 17.7 Å². The second-order valence-electron chi connectivity index (χ2n) is 3.58. The number of halogens is 3. The lowest BCUT2D eigenvalue weighted by molar-refractivity contribution is 0.102. The molecule has 5 heteroatoms. The van der Waals surface area contributed by atoms with Gasteiger partial charge in [-0.15, -0.1) is 0 Å². The molecule has 0 aliphatic carbocycles. The second-order valence-corrected chi connectivity index (χ2v) is 4.01. The van der Waals surface area contributed by atoms with Gasteiger partial charge in [0, 0.05) is 22.3 Å².